The van der Waals surface area contributed by atoms with Crippen LogP contribution in [0.25, 0.3) is 0 Å². The van der Waals surface area contributed by atoms with Gasteiger partial charge in [-0.1, -0.05) is 13.8 Å². The van der Waals surface area contributed by atoms with E-state index in [-0.39, 0.29) is 11.9 Å². The zero-order valence-electron chi connectivity index (χ0n) is 10.2. The number of amides is 1. The summed E-state index contributed by atoms with van der Waals surface area (Å²) in [6, 6.07) is -0.109. The van der Waals surface area contributed by atoms with E-state index in [1.165, 1.54) is 11.3 Å². The summed E-state index contributed by atoms with van der Waals surface area (Å²) in [6.45, 7) is 6.77. The van der Waals surface area contributed by atoms with Gasteiger partial charge < -0.3 is 10.6 Å². The summed E-state index contributed by atoms with van der Waals surface area (Å²) in [5.74, 6) is 0.428. The highest BCUT2D eigenvalue weighted by atomic mass is 32.1. The minimum Gasteiger partial charge on any atom is -0.340 e. The Labute approximate surface area is 100 Å². The average Bonchev–Trinajstić information content (AvgIpc) is 2.64. The zero-order chi connectivity index (χ0) is 12.3. The maximum Gasteiger partial charge on any atom is 0.273 e. The number of rotatable bonds is 4. The molecule has 90 valence electrons. The number of nitrogens with zero attached hydrogens (tertiary/aromatic N) is 2. The van der Waals surface area contributed by atoms with Crippen LogP contribution < -0.4 is 5.73 Å². The molecule has 0 saturated heterocycles. The summed E-state index contributed by atoms with van der Waals surface area (Å²) in [5, 5.41) is 2.58. The minimum absolute atomic E-state index is 0.0307. The van der Waals surface area contributed by atoms with Crippen LogP contribution in [0.5, 0.6) is 0 Å². The van der Waals surface area contributed by atoms with Crippen LogP contribution in [0, 0.1) is 5.92 Å². The summed E-state index contributed by atoms with van der Waals surface area (Å²) in [4.78, 5) is 17.9. The van der Waals surface area contributed by atoms with E-state index in [0.29, 0.717) is 11.6 Å². The lowest BCUT2D eigenvalue weighted by Crippen LogP contribution is -2.30. The second kappa shape index (κ2) is 5.41. The van der Waals surface area contributed by atoms with E-state index < -0.39 is 0 Å². The standard InChI is InChI=1S/C11H19N3OS/c1-7(2)5-14(4)11(15)9-6-16-10(13-9)8(3)12/h6-8H,5,12H2,1-4H3. The number of hydrogen-bond donors (Lipinski definition) is 1. The van der Waals surface area contributed by atoms with Crippen LogP contribution in [0.15, 0.2) is 5.38 Å². The Hall–Kier alpha value is -0.940. The van der Waals surface area contributed by atoms with Gasteiger partial charge in [0.05, 0.1) is 6.04 Å². The lowest BCUT2D eigenvalue weighted by Gasteiger charge is -2.17. The van der Waals surface area contributed by atoms with Crippen molar-refractivity contribution in [2.24, 2.45) is 11.7 Å². The van der Waals surface area contributed by atoms with E-state index in [4.69, 9.17) is 5.73 Å². The van der Waals surface area contributed by atoms with Gasteiger partial charge in [-0.25, -0.2) is 4.98 Å². The molecule has 0 aliphatic carbocycles. The third kappa shape index (κ3) is 3.28. The molecule has 4 nitrogen and oxygen atoms in total. The minimum atomic E-state index is -0.109. The topological polar surface area (TPSA) is 59.2 Å². The van der Waals surface area contributed by atoms with Crippen LogP contribution in [0.2, 0.25) is 0 Å². The molecule has 16 heavy (non-hydrogen) atoms. The predicted molar refractivity (Wildman–Crippen MR) is 66.5 cm³/mol. The van der Waals surface area contributed by atoms with Gasteiger partial charge in [0.25, 0.3) is 5.91 Å². The van der Waals surface area contributed by atoms with Crippen molar-refractivity contribution in [1.29, 1.82) is 0 Å². The van der Waals surface area contributed by atoms with Crippen LogP contribution in [0.1, 0.15) is 42.3 Å². The Bertz CT molecular complexity index is 360. The molecule has 1 heterocycles. The second-order valence-corrected chi connectivity index (χ2v) is 5.33. The first kappa shape index (κ1) is 13.1. The van der Waals surface area contributed by atoms with Crippen molar-refractivity contribution in [2.75, 3.05) is 13.6 Å². The molecule has 0 radical (unpaired) electrons. The zero-order valence-corrected chi connectivity index (χ0v) is 11.0. The molecule has 0 aromatic carbocycles. The fourth-order valence-corrected chi connectivity index (χ4v) is 2.17. The molecule has 5 heteroatoms. The van der Waals surface area contributed by atoms with Crippen molar-refractivity contribution >= 4 is 17.2 Å². The molecule has 1 rings (SSSR count). The van der Waals surface area contributed by atoms with Gasteiger partial charge in [-0.3, -0.25) is 4.79 Å². The van der Waals surface area contributed by atoms with Gasteiger partial charge >= 0.3 is 0 Å². The molecule has 0 aliphatic rings. The third-order valence-electron chi connectivity index (χ3n) is 2.12. The highest BCUT2D eigenvalue weighted by Gasteiger charge is 2.17. The molecular weight excluding hydrogens is 222 g/mol. The fraction of sp³-hybridized carbons (Fsp3) is 0.636. The van der Waals surface area contributed by atoms with Crippen LogP contribution >= 0.6 is 11.3 Å². The molecule has 0 saturated carbocycles. The number of carbonyl (C=O) groups is 1. The molecule has 1 aromatic rings. The van der Waals surface area contributed by atoms with Crippen molar-refractivity contribution in [1.82, 2.24) is 9.88 Å². The first-order valence-corrected chi connectivity index (χ1v) is 6.26. The third-order valence-corrected chi connectivity index (χ3v) is 3.16. The summed E-state index contributed by atoms with van der Waals surface area (Å²) in [5.41, 5.74) is 6.21. The van der Waals surface area contributed by atoms with Crippen molar-refractivity contribution in [3.8, 4) is 0 Å². The molecule has 2 N–H and O–H groups in total. The fourth-order valence-electron chi connectivity index (χ4n) is 1.42. The molecular formula is C11H19N3OS. The van der Waals surface area contributed by atoms with Crippen LogP contribution in [0.3, 0.4) is 0 Å². The van der Waals surface area contributed by atoms with Crippen molar-refractivity contribution in [2.45, 2.75) is 26.8 Å². The van der Waals surface area contributed by atoms with E-state index in [9.17, 15) is 4.79 Å². The van der Waals surface area contributed by atoms with E-state index in [2.05, 4.69) is 18.8 Å². The number of aromatic nitrogens is 1. The van der Waals surface area contributed by atoms with Gasteiger partial charge in [-0.15, -0.1) is 11.3 Å². The SMILES string of the molecule is CC(C)CN(C)C(=O)c1csc(C(C)N)n1. The van der Waals surface area contributed by atoms with Gasteiger partial charge in [0.15, 0.2) is 0 Å². The molecule has 1 aromatic heterocycles. The monoisotopic (exact) mass is 241 g/mol. The number of nitrogens with two attached hydrogens (primary N) is 1. The smallest absolute Gasteiger partial charge is 0.273 e. The van der Waals surface area contributed by atoms with E-state index >= 15 is 0 Å². The molecule has 1 amide bonds. The normalized spacial score (nSPS) is 12.9. The van der Waals surface area contributed by atoms with Crippen LogP contribution in [-0.4, -0.2) is 29.4 Å². The van der Waals surface area contributed by atoms with Gasteiger partial charge in [0.2, 0.25) is 0 Å². The molecule has 0 spiro atoms. The predicted octanol–water partition coefficient (Wildman–Crippen LogP) is 1.89. The maximum atomic E-state index is 11.9. The lowest BCUT2D eigenvalue weighted by atomic mass is 10.2. The van der Waals surface area contributed by atoms with Crippen LogP contribution in [0.4, 0.5) is 0 Å². The second-order valence-electron chi connectivity index (χ2n) is 4.44. The Morgan fingerprint density at radius 2 is 2.19 bits per heavy atom. The number of carbonyl (C=O) groups excluding carboxylic acids is 1. The van der Waals surface area contributed by atoms with Crippen molar-refractivity contribution in [3.05, 3.63) is 16.1 Å². The Morgan fingerprint density at radius 3 is 2.62 bits per heavy atom. The number of hydrogen-bond acceptors (Lipinski definition) is 4. The lowest BCUT2D eigenvalue weighted by molar-refractivity contribution is 0.0774. The summed E-state index contributed by atoms with van der Waals surface area (Å²) >= 11 is 1.44. The number of thiazole rings is 1. The highest BCUT2D eigenvalue weighted by Crippen LogP contribution is 2.17. The van der Waals surface area contributed by atoms with Gasteiger partial charge in [0.1, 0.15) is 10.7 Å². The average molecular weight is 241 g/mol. The van der Waals surface area contributed by atoms with Gasteiger partial charge in [-0.2, -0.15) is 0 Å². The largest absolute Gasteiger partial charge is 0.340 e. The molecule has 1 atom stereocenters. The van der Waals surface area contributed by atoms with Gasteiger partial charge in [-0.05, 0) is 12.8 Å². The van der Waals surface area contributed by atoms with Crippen LogP contribution in [-0.2, 0) is 0 Å². The van der Waals surface area contributed by atoms with Crippen molar-refractivity contribution in [3.63, 3.8) is 0 Å². The molecule has 0 fully saturated rings. The van der Waals surface area contributed by atoms with Crippen molar-refractivity contribution < 1.29 is 4.79 Å². The molecule has 1 unspecified atom stereocenters. The summed E-state index contributed by atoms with van der Waals surface area (Å²) in [6.07, 6.45) is 0. The Morgan fingerprint density at radius 1 is 1.56 bits per heavy atom. The summed E-state index contributed by atoms with van der Waals surface area (Å²) in [7, 11) is 1.80. The van der Waals surface area contributed by atoms with E-state index in [1.54, 1.807) is 17.3 Å². The summed E-state index contributed by atoms with van der Waals surface area (Å²) < 4.78 is 0. The first-order chi connectivity index (χ1) is 7.41. The van der Waals surface area contributed by atoms with E-state index in [0.717, 1.165) is 11.6 Å². The maximum absolute atomic E-state index is 11.9. The van der Waals surface area contributed by atoms with E-state index in [1.807, 2.05) is 6.92 Å². The van der Waals surface area contributed by atoms with Gasteiger partial charge in [0, 0.05) is 19.0 Å². The Kier molecular flexibility index (Phi) is 4.44. The molecule has 0 bridgehead atoms. The Balaban J connectivity index is 2.72. The first-order valence-electron chi connectivity index (χ1n) is 5.38. The quantitative estimate of drug-likeness (QED) is 0.875. The highest BCUT2D eigenvalue weighted by molar-refractivity contribution is 7.09. The molecule has 0 aliphatic heterocycles.